The smallest absolute Gasteiger partial charge is 0.338 e. The number of hydroxylamine groups is 1. The number of piperidine rings is 1. The maximum absolute atomic E-state index is 11.9. The van der Waals surface area contributed by atoms with E-state index >= 15 is 0 Å². The molecule has 132 valence electrons. The van der Waals surface area contributed by atoms with Gasteiger partial charge >= 0.3 is 6.03 Å². The van der Waals surface area contributed by atoms with Crippen LogP contribution in [0, 0.1) is 0 Å². The third-order valence-corrected chi connectivity index (χ3v) is 4.21. The van der Waals surface area contributed by atoms with Gasteiger partial charge in [0.15, 0.2) is 0 Å². The molecule has 1 aliphatic heterocycles. The third kappa shape index (κ3) is 5.19. The molecule has 0 saturated carbocycles. The first-order valence-electron chi connectivity index (χ1n) is 8.71. The Morgan fingerprint density at radius 2 is 1.88 bits per heavy atom. The van der Waals surface area contributed by atoms with Crippen LogP contribution in [0.5, 0.6) is 0 Å². The average molecular weight is 340 g/mol. The Labute approximate surface area is 148 Å². The van der Waals surface area contributed by atoms with Gasteiger partial charge in [-0.1, -0.05) is 36.4 Å². The van der Waals surface area contributed by atoms with E-state index < -0.39 is 0 Å². The minimum Gasteiger partial charge on any atom is -0.356 e. The van der Waals surface area contributed by atoms with Gasteiger partial charge in [0.2, 0.25) is 0 Å². The van der Waals surface area contributed by atoms with Crippen molar-refractivity contribution < 1.29 is 9.63 Å². The zero-order chi connectivity index (χ0) is 17.3. The SMILES string of the molecule is O=C(NCc1cccnc1N1CCCCC1)NOCc1ccccc1. The van der Waals surface area contributed by atoms with Crippen molar-refractivity contribution in [1.82, 2.24) is 15.8 Å². The molecule has 1 aliphatic rings. The number of aromatic nitrogens is 1. The summed E-state index contributed by atoms with van der Waals surface area (Å²) in [6.07, 6.45) is 5.46. The van der Waals surface area contributed by atoms with Crippen LogP contribution in [0.3, 0.4) is 0 Å². The van der Waals surface area contributed by atoms with Crippen LogP contribution < -0.4 is 15.7 Å². The molecule has 2 N–H and O–H groups in total. The second kappa shape index (κ2) is 9.03. The van der Waals surface area contributed by atoms with E-state index in [2.05, 4.69) is 20.7 Å². The minimum absolute atomic E-state index is 0.334. The summed E-state index contributed by atoms with van der Waals surface area (Å²) >= 11 is 0. The molecule has 1 aromatic carbocycles. The first-order chi connectivity index (χ1) is 12.3. The lowest BCUT2D eigenvalue weighted by atomic mass is 10.1. The fraction of sp³-hybridized carbons (Fsp3) is 0.368. The Morgan fingerprint density at radius 1 is 1.08 bits per heavy atom. The number of anilines is 1. The molecule has 1 saturated heterocycles. The monoisotopic (exact) mass is 340 g/mol. The highest BCUT2D eigenvalue weighted by atomic mass is 16.7. The maximum atomic E-state index is 11.9. The Bertz CT molecular complexity index is 672. The van der Waals surface area contributed by atoms with E-state index in [0.717, 1.165) is 30.0 Å². The van der Waals surface area contributed by atoms with Crippen molar-refractivity contribution in [3.05, 3.63) is 59.8 Å². The first kappa shape index (κ1) is 17.2. The number of amides is 2. The van der Waals surface area contributed by atoms with E-state index in [-0.39, 0.29) is 6.03 Å². The van der Waals surface area contributed by atoms with Crippen LogP contribution in [0.25, 0.3) is 0 Å². The Hall–Kier alpha value is -2.60. The van der Waals surface area contributed by atoms with E-state index in [9.17, 15) is 4.79 Å². The summed E-state index contributed by atoms with van der Waals surface area (Å²) in [5, 5.41) is 2.82. The van der Waals surface area contributed by atoms with E-state index in [0.29, 0.717) is 13.2 Å². The fourth-order valence-corrected chi connectivity index (χ4v) is 2.93. The molecular weight excluding hydrogens is 316 g/mol. The van der Waals surface area contributed by atoms with Crippen LogP contribution in [0.15, 0.2) is 48.7 Å². The van der Waals surface area contributed by atoms with Gasteiger partial charge in [0.1, 0.15) is 5.82 Å². The van der Waals surface area contributed by atoms with Gasteiger partial charge in [-0.15, -0.1) is 0 Å². The number of rotatable bonds is 6. The zero-order valence-electron chi connectivity index (χ0n) is 14.3. The maximum Gasteiger partial charge on any atom is 0.338 e. The number of pyridine rings is 1. The van der Waals surface area contributed by atoms with E-state index in [4.69, 9.17) is 4.84 Å². The molecule has 2 heterocycles. The van der Waals surface area contributed by atoms with Gasteiger partial charge in [-0.2, -0.15) is 0 Å². The van der Waals surface area contributed by atoms with Crippen molar-refractivity contribution in [2.45, 2.75) is 32.4 Å². The molecule has 1 fully saturated rings. The van der Waals surface area contributed by atoms with Gasteiger partial charge in [0.05, 0.1) is 6.61 Å². The largest absolute Gasteiger partial charge is 0.356 e. The third-order valence-electron chi connectivity index (χ3n) is 4.21. The summed E-state index contributed by atoms with van der Waals surface area (Å²) < 4.78 is 0. The van der Waals surface area contributed by atoms with Crippen LogP contribution in [0.4, 0.5) is 10.6 Å². The Balaban J connectivity index is 1.47. The number of nitrogens with one attached hydrogen (secondary N) is 2. The summed E-state index contributed by atoms with van der Waals surface area (Å²) in [5.74, 6) is 0.965. The zero-order valence-corrected chi connectivity index (χ0v) is 14.3. The van der Waals surface area contributed by atoms with Crippen molar-refractivity contribution in [1.29, 1.82) is 0 Å². The van der Waals surface area contributed by atoms with Crippen LogP contribution in [0.1, 0.15) is 30.4 Å². The summed E-state index contributed by atoms with van der Waals surface area (Å²) in [7, 11) is 0. The molecule has 3 rings (SSSR count). The summed E-state index contributed by atoms with van der Waals surface area (Å²) in [5.41, 5.74) is 4.43. The molecule has 0 aliphatic carbocycles. The van der Waals surface area contributed by atoms with E-state index in [1.54, 1.807) is 6.20 Å². The molecule has 2 aromatic rings. The average Bonchev–Trinajstić information content (AvgIpc) is 2.68. The number of carbonyl (C=O) groups is 1. The molecule has 25 heavy (non-hydrogen) atoms. The highest BCUT2D eigenvalue weighted by Crippen LogP contribution is 2.21. The lowest BCUT2D eigenvalue weighted by Gasteiger charge is -2.29. The number of hydrogen-bond donors (Lipinski definition) is 2. The van der Waals surface area contributed by atoms with Gasteiger partial charge < -0.3 is 10.2 Å². The normalized spacial score (nSPS) is 14.2. The van der Waals surface area contributed by atoms with Gasteiger partial charge in [0.25, 0.3) is 0 Å². The van der Waals surface area contributed by atoms with Crippen molar-refractivity contribution in [3.63, 3.8) is 0 Å². The summed E-state index contributed by atoms with van der Waals surface area (Å²) in [4.78, 5) is 23.9. The molecule has 0 spiro atoms. The summed E-state index contributed by atoms with van der Waals surface area (Å²) in [6.45, 7) is 2.80. The molecule has 0 unspecified atom stereocenters. The van der Waals surface area contributed by atoms with Crippen molar-refractivity contribution in [2.75, 3.05) is 18.0 Å². The van der Waals surface area contributed by atoms with E-state index in [1.807, 2.05) is 42.5 Å². The summed E-state index contributed by atoms with van der Waals surface area (Å²) in [6, 6.07) is 13.2. The molecule has 0 bridgehead atoms. The Morgan fingerprint density at radius 3 is 2.68 bits per heavy atom. The van der Waals surface area contributed by atoms with Crippen LogP contribution in [-0.2, 0) is 18.0 Å². The fourth-order valence-electron chi connectivity index (χ4n) is 2.93. The van der Waals surface area contributed by atoms with Crippen LogP contribution in [0.2, 0.25) is 0 Å². The lowest BCUT2D eigenvalue weighted by molar-refractivity contribution is 0.0490. The van der Waals surface area contributed by atoms with Crippen LogP contribution in [-0.4, -0.2) is 24.1 Å². The van der Waals surface area contributed by atoms with Gasteiger partial charge in [-0.25, -0.2) is 15.3 Å². The van der Waals surface area contributed by atoms with Crippen LogP contribution >= 0.6 is 0 Å². The van der Waals surface area contributed by atoms with Crippen molar-refractivity contribution in [2.24, 2.45) is 0 Å². The standard InChI is InChI=1S/C19H24N4O2/c24-19(22-25-15-16-8-3-1-4-9-16)21-14-17-10-7-11-20-18(17)23-12-5-2-6-13-23/h1,3-4,7-11H,2,5-6,12-15H2,(H2,21,22,24). The number of nitrogens with zero attached hydrogens (tertiary/aromatic N) is 2. The van der Waals surface area contributed by atoms with Crippen molar-refractivity contribution in [3.8, 4) is 0 Å². The molecule has 6 nitrogen and oxygen atoms in total. The topological polar surface area (TPSA) is 66.5 Å². The highest BCUT2D eigenvalue weighted by molar-refractivity contribution is 5.72. The van der Waals surface area contributed by atoms with Gasteiger partial charge in [0, 0.05) is 31.4 Å². The molecule has 0 radical (unpaired) electrons. The predicted molar refractivity (Wildman–Crippen MR) is 96.9 cm³/mol. The quantitative estimate of drug-likeness (QED) is 0.794. The lowest BCUT2D eigenvalue weighted by Crippen LogP contribution is -2.36. The molecule has 2 amide bonds. The predicted octanol–water partition coefficient (Wildman–Crippen LogP) is 3.00. The first-order valence-corrected chi connectivity index (χ1v) is 8.71. The second-order valence-electron chi connectivity index (χ2n) is 6.09. The number of carbonyl (C=O) groups excluding carboxylic acids is 1. The van der Waals surface area contributed by atoms with Gasteiger partial charge in [-0.05, 0) is 30.9 Å². The molecular formula is C19H24N4O2. The highest BCUT2D eigenvalue weighted by Gasteiger charge is 2.15. The molecule has 6 heteroatoms. The molecule has 0 atom stereocenters. The van der Waals surface area contributed by atoms with Crippen molar-refractivity contribution >= 4 is 11.8 Å². The number of hydrogen-bond acceptors (Lipinski definition) is 4. The second-order valence-corrected chi connectivity index (χ2v) is 6.09. The molecule has 1 aromatic heterocycles. The number of urea groups is 1. The Kier molecular flexibility index (Phi) is 6.23. The van der Waals surface area contributed by atoms with E-state index in [1.165, 1.54) is 19.3 Å². The van der Waals surface area contributed by atoms with Gasteiger partial charge in [-0.3, -0.25) is 4.84 Å². The number of benzene rings is 1. The minimum atomic E-state index is -0.357.